The minimum absolute atomic E-state index is 0.603. The third kappa shape index (κ3) is 3.15. The second-order valence-corrected chi connectivity index (χ2v) is 5.23. The number of hydrogen-bond acceptors (Lipinski definition) is 5. The summed E-state index contributed by atoms with van der Waals surface area (Å²) >= 11 is 0. The van der Waals surface area contributed by atoms with Gasteiger partial charge in [-0.25, -0.2) is 9.97 Å². The minimum Gasteiger partial charge on any atom is -0.384 e. The van der Waals surface area contributed by atoms with Crippen LogP contribution < -0.4 is 10.2 Å². The van der Waals surface area contributed by atoms with Gasteiger partial charge in [0, 0.05) is 32.8 Å². The van der Waals surface area contributed by atoms with Gasteiger partial charge in [0.05, 0.1) is 6.61 Å². The van der Waals surface area contributed by atoms with Gasteiger partial charge in [-0.15, -0.1) is 0 Å². The number of nitrogens with zero attached hydrogens (tertiary/aromatic N) is 3. The Balaban J connectivity index is 2.23. The van der Waals surface area contributed by atoms with E-state index >= 15 is 0 Å². The van der Waals surface area contributed by atoms with Crippen LogP contribution in [0.25, 0.3) is 0 Å². The van der Waals surface area contributed by atoms with Crippen LogP contribution in [0.2, 0.25) is 0 Å². The van der Waals surface area contributed by atoms with Crippen LogP contribution in [0.4, 0.5) is 11.6 Å². The summed E-state index contributed by atoms with van der Waals surface area (Å²) in [5.41, 5.74) is 1.13. The maximum absolute atomic E-state index is 5.29. The van der Waals surface area contributed by atoms with E-state index in [1.54, 1.807) is 7.11 Å². The first-order valence-electron chi connectivity index (χ1n) is 6.92. The van der Waals surface area contributed by atoms with Crippen molar-refractivity contribution in [2.24, 2.45) is 5.92 Å². The summed E-state index contributed by atoms with van der Waals surface area (Å²) in [5.74, 6) is 3.42. The fraction of sp³-hybridized carbons (Fsp3) is 0.714. The summed E-state index contributed by atoms with van der Waals surface area (Å²) in [5, 5.41) is 3.15. The molecule has 2 rings (SSSR count). The highest BCUT2D eigenvalue weighted by atomic mass is 16.5. The van der Waals surface area contributed by atoms with Crippen LogP contribution in [0.15, 0.2) is 0 Å². The Morgan fingerprint density at radius 3 is 2.84 bits per heavy atom. The molecule has 5 nitrogen and oxygen atoms in total. The zero-order valence-electron chi connectivity index (χ0n) is 12.4. The normalized spacial score (nSPS) is 19.6. The highest BCUT2D eigenvalue weighted by Crippen LogP contribution is 2.27. The van der Waals surface area contributed by atoms with Crippen molar-refractivity contribution >= 4 is 11.6 Å². The van der Waals surface area contributed by atoms with Crippen LogP contribution in [0, 0.1) is 19.8 Å². The number of aryl methyl sites for hydroxylation is 1. The maximum Gasteiger partial charge on any atom is 0.137 e. The van der Waals surface area contributed by atoms with Crippen LogP contribution in [0.1, 0.15) is 24.2 Å². The number of methoxy groups -OCH3 is 1. The molecular weight excluding hydrogens is 240 g/mol. The van der Waals surface area contributed by atoms with Crippen molar-refractivity contribution in [1.29, 1.82) is 0 Å². The van der Waals surface area contributed by atoms with Crippen LogP contribution in [-0.2, 0) is 4.74 Å². The largest absolute Gasteiger partial charge is 0.384 e. The lowest BCUT2D eigenvalue weighted by Crippen LogP contribution is -2.38. The predicted molar refractivity (Wildman–Crippen MR) is 77.9 cm³/mol. The number of ether oxygens (including phenoxy) is 1. The molecule has 0 radical (unpaired) electrons. The molecule has 0 amide bonds. The lowest BCUT2D eigenvalue weighted by Gasteiger charge is -2.34. The second-order valence-electron chi connectivity index (χ2n) is 5.23. The first-order valence-corrected chi connectivity index (χ1v) is 6.92. The van der Waals surface area contributed by atoms with Gasteiger partial charge >= 0.3 is 0 Å². The van der Waals surface area contributed by atoms with Gasteiger partial charge in [0.1, 0.15) is 17.5 Å². The number of aromatic nitrogens is 2. The fourth-order valence-corrected chi connectivity index (χ4v) is 2.79. The molecule has 5 heteroatoms. The van der Waals surface area contributed by atoms with E-state index in [1.807, 2.05) is 14.0 Å². The Morgan fingerprint density at radius 1 is 1.37 bits per heavy atom. The summed E-state index contributed by atoms with van der Waals surface area (Å²) in [6.45, 7) is 6.95. The van der Waals surface area contributed by atoms with Crippen LogP contribution in [-0.4, -0.2) is 43.8 Å². The molecular formula is C14H24N4O. The second kappa shape index (κ2) is 6.19. The summed E-state index contributed by atoms with van der Waals surface area (Å²) in [7, 11) is 3.68. The molecule has 106 valence electrons. The molecule has 1 aliphatic heterocycles. The monoisotopic (exact) mass is 264 g/mol. The number of rotatable bonds is 4. The number of nitrogens with one attached hydrogen (secondary N) is 1. The molecule has 1 aromatic rings. The average molecular weight is 264 g/mol. The van der Waals surface area contributed by atoms with E-state index in [2.05, 4.69) is 27.1 Å². The molecule has 19 heavy (non-hydrogen) atoms. The smallest absolute Gasteiger partial charge is 0.137 e. The fourth-order valence-electron chi connectivity index (χ4n) is 2.79. The number of anilines is 2. The van der Waals surface area contributed by atoms with Crippen molar-refractivity contribution in [3.8, 4) is 0 Å². The van der Waals surface area contributed by atoms with E-state index in [0.29, 0.717) is 5.92 Å². The molecule has 1 fully saturated rings. The van der Waals surface area contributed by atoms with E-state index in [-0.39, 0.29) is 0 Å². The van der Waals surface area contributed by atoms with Gasteiger partial charge < -0.3 is 15.0 Å². The molecule has 1 saturated heterocycles. The maximum atomic E-state index is 5.29. The molecule has 2 heterocycles. The van der Waals surface area contributed by atoms with Crippen molar-refractivity contribution in [3.63, 3.8) is 0 Å². The minimum atomic E-state index is 0.603. The average Bonchev–Trinajstić information content (AvgIpc) is 2.41. The van der Waals surface area contributed by atoms with E-state index < -0.39 is 0 Å². The highest BCUT2D eigenvalue weighted by molar-refractivity contribution is 5.58. The van der Waals surface area contributed by atoms with Crippen LogP contribution in [0.5, 0.6) is 0 Å². The van der Waals surface area contributed by atoms with Gasteiger partial charge in [0.2, 0.25) is 0 Å². The molecule has 1 aromatic heterocycles. The lowest BCUT2D eigenvalue weighted by atomic mass is 9.98. The summed E-state index contributed by atoms with van der Waals surface area (Å²) in [6.07, 6.45) is 2.44. The lowest BCUT2D eigenvalue weighted by molar-refractivity contribution is 0.143. The van der Waals surface area contributed by atoms with E-state index in [1.165, 1.54) is 12.8 Å². The third-order valence-electron chi connectivity index (χ3n) is 3.69. The van der Waals surface area contributed by atoms with Gasteiger partial charge in [-0.1, -0.05) is 0 Å². The van der Waals surface area contributed by atoms with Crippen molar-refractivity contribution in [2.45, 2.75) is 26.7 Å². The van der Waals surface area contributed by atoms with Gasteiger partial charge in [-0.2, -0.15) is 0 Å². The summed E-state index contributed by atoms with van der Waals surface area (Å²) in [4.78, 5) is 11.4. The molecule has 0 bridgehead atoms. The predicted octanol–water partition coefficient (Wildman–Crippen LogP) is 2.00. The van der Waals surface area contributed by atoms with Crippen LogP contribution >= 0.6 is 0 Å². The topological polar surface area (TPSA) is 50.3 Å². The number of piperidine rings is 1. The molecule has 1 aliphatic rings. The highest BCUT2D eigenvalue weighted by Gasteiger charge is 2.23. The Labute approximate surface area is 115 Å². The zero-order chi connectivity index (χ0) is 13.8. The quantitative estimate of drug-likeness (QED) is 0.901. The first kappa shape index (κ1) is 14.1. The Kier molecular flexibility index (Phi) is 4.58. The van der Waals surface area contributed by atoms with Crippen LogP contribution in [0.3, 0.4) is 0 Å². The molecule has 0 aliphatic carbocycles. The van der Waals surface area contributed by atoms with Gasteiger partial charge in [0.15, 0.2) is 0 Å². The molecule has 0 aromatic carbocycles. The first-order chi connectivity index (χ1) is 9.15. The molecule has 0 saturated carbocycles. The molecule has 1 unspecified atom stereocenters. The number of hydrogen-bond donors (Lipinski definition) is 1. The molecule has 0 spiro atoms. The Hall–Kier alpha value is -1.36. The van der Waals surface area contributed by atoms with Crippen molar-refractivity contribution in [3.05, 3.63) is 11.4 Å². The third-order valence-corrected chi connectivity index (χ3v) is 3.69. The molecule has 1 N–H and O–H groups in total. The van der Waals surface area contributed by atoms with Crippen molar-refractivity contribution in [1.82, 2.24) is 9.97 Å². The van der Waals surface area contributed by atoms with E-state index in [0.717, 1.165) is 42.7 Å². The van der Waals surface area contributed by atoms with E-state index in [9.17, 15) is 0 Å². The Morgan fingerprint density at radius 2 is 2.16 bits per heavy atom. The van der Waals surface area contributed by atoms with Crippen molar-refractivity contribution in [2.75, 3.05) is 44.1 Å². The standard InChI is InChI=1S/C14H24N4O/c1-10-13(15-3)16-11(2)17-14(10)18-7-5-6-12(8-18)9-19-4/h12H,5-9H2,1-4H3,(H,15,16,17). The summed E-state index contributed by atoms with van der Waals surface area (Å²) < 4.78 is 5.29. The van der Waals surface area contributed by atoms with Gasteiger partial charge in [0.25, 0.3) is 0 Å². The zero-order valence-corrected chi connectivity index (χ0v) is 12.4. The molecule has 1 atom stereocenters. The Bertz CT molecular complexity index is 434. The van der Waals surface area contributed by atoms with Crippen molar-refractivity contribution < 1.29 is 4.74 Å². The summed E-state index contributed by atoms with van der Waals surface area (Å²) in [6, 6.07) is 0. The van der Waals surface area contributed by atoms with Gasteiger partial charge in [-0.05, 0) is 32.6 Å². The SMILES string of the molecule is CNc1nc(C)nc(N2CCCC(COC)C2)c1C. The van der Waals surface area contributed by atoms with Gasteiger partial charge in [-0.3, -0.25) is 0 Å². The van der Waals surface area contributed by atoms with E-state index in [4.69, 9.17) is 4.74 Å².